The van der Waals surface area contributed by atoms with Crippen LogP contribution in [0.5, 0.6) is 5.75 Å². The molecule has 2 aliphatic heterocycles. The number of hydrogen-bond donors (Lipinski definition) is 2. The number of allylic oxidation sites excluding steroid dienone is 3. The van der Waals surface area contributed by atoms with Crippen molar-refractivity contribution in [2.45, 2.75) is 39.2 Å². The zero-order valence-electron chi connectivity index (χ0n) is 23.5. The SMILES string of the molecule is CNC(=O)C1=C2C(F)=C(c3cc(C(=O)NC4(C(C)C)CC4)c(OC)cc3C)C=C[N+]2(C)N=C1c1ccc(F)cc1. The second-order valence-corrected chi connectivity index (χ2v) is 11.0. The van der Waals surface area contributed by atoms with Gasteiger partial charge in [0.15, 0.2) is 5.83 Å². The number of fused-ring (bicyclic) bond motifs is 1. The number of methoxy groups -OCH3 is 1. The first-order chi connectivity index (χ1) is 18.9. The number of quaternary nitrogens is 1. The molecule has 2 heterocycles. The van der Waals surface area contributed by atoms with Crippen molar-refractivity contribution in [2.24, 2.45) is 11.0 Å². The molecule has 1 saturated carbocycles. The van der Waals surface area contributed by atoms with Crippen molar-refractivity contribution in [1.29, 1.82) is 0 Å². The molecule has 2 amide bonds. The standard InChI is InChI=1S/C31H32F2N4O3/c1-17(2)31(12-13-31)35-29(38)23-16-22(18(3)15-24(23)40-6)21-11-14-37(5)28(26(21)33)25(30(39)34-4)27(36-37)19-7-9-20(32)10-8-19/h7-11,14-17H,12-13H2,1-6H3,(H-,34,35,38,39)/p+1. The minimum absolute atomic E-state index is 0.0627. The first-order valence-electron chi connectivity index (χ1n) is 13.2. The number of ether oxygens (including phenoxy) is 1. The van der Waals surface area contributed by atoms with Gasteiger partial charge in [0.05, 0.1) is 12.7 Å². The zero-order chi connectivity index (χ0) is 29.0. The van der Waals surface area contributed by atoms with E-state index in [4.69, 9.17) is 4.74 Å². The zero-order valence-corrected chi connectivity index (χ0v) is 23.5. The fourth-order valence-corrected chi connectivity index (χ4v) is 5.43. The fraction of sp³-hybridized carbons (Fsp3) is 0.323. The maximum absolute atomic E-state index is 16.6. The van der Waals surface area contributed by atoms with Gasteiger partial charge in [0.1, 0.15) is 36.1 Å². The number of rotatable bonds is 7. The molecule has 5 rings (SSSR count). The van der Waals surface area contributed by atoms with Gasteiger partial charge < -0.3 is 15.4 Å². The van der Waals surface area contributed by atoms with Crippen LogP contribution in [0.15, 0.2) is 70.9 Å². The molecule has 2 aromatic rings. The summed E-state index contributed by atoms with van der Waals surface area (Å²) < 4.78 is 35.5. The van der Waals surface area contributed by atoms with Crippen molar-refractivity contribution in [2.75, 3.05) is 21.2 Å². The van der Waals surface area contributed by atoms with Gasteiger partial charge in [-0.05, 0) is 73.2 Å². The molecule has 1 fully saturated rings. The summed E-state index contributed by atoms with van der Waals surface area (Å²) in [6.45, 7) is 5.97. The lowest BCUT2D eigenvalue weighted by molar-refractivity contribution is -0.823. The number of carbonyl (C=O) groups is 2. The third-order valence-corrected chi connectivity index (χ3v) is 8.12. The van der Waals surface area contributed by atoms with Crippen LogP contribution in [0.25, 0.3) is 5.57 Å². The van der Waals surface area contributed by atoms with E-state index in [0.717, 1.165) is 12.8 Å². The molecule has 0 aromatic heterocycles. The molecule has 1 aliphatic carbocycles. The van der Waals surface area contributed by atoms with E-state index in [1.165, 1.54) is 38.4 Å². The Morgan fingerprint density at radius 1 is 1.10 bits per heavy atom. The van der Waals surface area contributed by atoms with Crippen molar-refractivity contribution in [3.8, 4) is 5.75 Å². The van der Waals surface area contributed by atoms with Gasteiger partial charge in [-0.2, -0.15) is 4.39 Å². The molecular formula is C31H33F2N4O3+. The maximum atomic E-state index is 16.6. The molecule has 7 nitrogen and oxygen atoms in total. The average Bonchev–Trinajstić information content (AvgIpc) is 3.64. The van der Waals surface area contributed by atoms with Gasteiger partial charge >= 0.3 is 0 Å². The monoisotopic (exact) mass is 547 g/mol. The number of carbonyl (C=O) groups excluding carboxylic acids is 2. The van der Waals surface area contributed by atoms with E-state index < -0.39 is 17.6 Å². The summed E-state index contributed by atoms with van der Waals surface area (Å²) in [6, 6.07) is 8.93. The van der Waals surface area contributed by atoms with E-state index in [-0.39, 0.29) is 44.5 Å². The Labute approximate surface area is 232 Å². The molecule has 0 spiro atoms. The molecule has 0 saturated heterocycles. The maximum Gasteiger partial charge on any atom is 0.259 e. The van der Waals surface area contributed by atoms with Gasteiger partial charge in [-0.25, -0.2) is 4.39 Å². The molecule has 1 atom stereocenters. The molecule has 0 radical (unpaired) electrons. The van der Waals surface area contributed by atoms with Crippen molar-refractivity contribution in [3.63, 3.8) is 0 Å². The predicted octanol–water partition coefficient (Wildman–Crippen LogP) is 5.13. The van der Waals surface area contributed by atoms with Crippen molar-refractivity contribution < 1.29 is 27.7 Å². The van der Waals surface area contributed by atoms with Crippen LogP contribution in [0.1, 0.15) is 53.7 Å². The van der Waals surface area contributed by atoms with Crippen LogP contribution in [-0.4, -0.2) is 48.9 Å². The van der Waals surface area contributed by atoms with E-state index in [9.17, 15) is 14.0 Å². The van der Waals surface area contributed by atoms with Gasteiger partial charge in [-0.3, -0.25) is 9.59 Å². The quantitative estimate of drug-likeness (QED) is 0.472. The van der Waals surface area contributed by atoms with E-state index in [1.807, 2.05) is 6.92 Å². The summed E-state index contributed by atoms with van der Waals surface area (Å²) >= 11 is 0. The normalized spacial score (nSPS) is 20.9. The van der Waals surface area contributed by atoms with Crippen LogP contribution in [0, 0.1) is 18.7 Å². The smallest absolute Gasteiger partial charge is 0.259 e. The van der Waals surface area contributed by atoms with Gasteiger partial charge in [0, 0.05) is 29.8 Å². The summed E-state index contributed by atoms with van der Waals surface area (Å²) in [5, 5.41) is 10.4. The molecule has 0 bridgehead atoms. The number of amides is 2. The Kier molecular flexibility index (Phi) is 6.74. The second-order valence-electron chi connectivity index (χ2n) is 11.0. The van der Waals surface area contributed by atoms with Crippen LogP contribution < -0.4 is 15.4 Å². The Hall–Kier alpha value is -4.11. The number of nitrogens with one attached hydrogen (secondary N) is 2. The second kappa shape index (κ2) is 9.82. The molecular weight excluding hydrogens is 514 g/mol. The van der Waals surface area contributed by atoms with Gasteiger partial charge in [0.25, 0.3) is 11.8 Å². The highest BCUT2D eigenvalue weighted by Gasteiger charge is 2.48. The first-order valence-corrected chi connectivity index (χ1v) is 13.2. The molecule has 2 N–H and O–H groups in total. The number of hydrogen-bond acceptors (Lipinski definition) is 4. The van der Waals surface area contributed by atoms with Gasteiger partial charge in [-0.15, -0.1) is 4.59 Å². The Morgan fingerprint density at radius 3 is 2.35 bits per heavy atom. The molecule has 3 aliphatic rings. The minimum Gasteiger partial charge on any atom is -0.496 e. The fourth-order valence-electron chi connectivity index (χ4n) is 5.43. The average molecular weight is 548 g/mol. The van der Waals surface area contributed by atoms with Gasteiger partial charge in [0.2, 0.25) is 5.70 Å². The molecule has 1 unspecified atom stereocenters. The topological polar surface area (TPSA) is 79.8 Å². The lowest BCUT2D eigenvalue weighted by Crippen LogP contribution is -2.40. The molecule has 2 aromatic carbocycles. The van der Waals surface area contributed by atoms with Crippen molar-refractivity contribution >= 4 is 23.1 Å². The molecule has 9 heteroatoms. The summed E-state index contributed by atoms with van der Waals surface area (Å²) in [5.41, 5.74) is 2.36. The van der Waals surface area contributed by atoms with Crippen LogP contribution >= 0.6 is 0 Å². The highest BCUT2D eigenvalue weighted by molar-refractivity contribution is 6.29. The Morgan fingerprint density at radius 2 is 1.77 bits per heavy atom. The number of aryl methyl sites for hydroxylation is 1. The van der Waals surface area contributed by atoms with Crippen LogP contribution in [0.4, 0.5) is 8.78 Å². The third-order valence-electron chi connectivity index (χ3n) is 8.12. The van der Waals surface area contributed by atoms with E-state index >= 15 is 4.39 Å². The van der Waals surface area contributed by atoms with Crippen LogP contribution in [-0.2, 0) is 4.79 Å². The first kappa shape index (κ1) is 27.5. The summed E-state index contributed by atoms with van der Waals surface area (Å²) in [7, 11) is 4.63. The predicted molar refractivity (Wildman–Crippen MR) is 149 cm³/mol. The summed E-state index contributed by atoms with van der Waals surface area (Å²) in [5.74, 6) is -1.19. The largest absolute Gasteiger partial charge is 0.496 e. The minimum atomic E-state index is -0.634. The van der Waals surface area contributed by atoms with E-state index in [2.05, 4.69) is 29.6 Å². The van der Waals surface area contributed by atoms with E-state index in [1.54, 1.807) is 31.5 Å². The van der Waals surface area contributed by atoms with Crippen molar-refractivity contribution in [3.05, 3.63) is 93.8 Å². The summed E-state index contributed by atoms with van der Waals surface area (Å²) in [6.07, 6.45) is 5.12. The van der Waals surface area contributed by atoms with Crippen LogP contribution in [0.3, 0.4) is 0 Å². The lowest BCUT2D eigenvalue weighted by Gasteiger charge is -2.26. The number of likely N-dealkylation sites (N-methyl/N-ethyl adjacent to an activating group) is 2. The van der Waals surface area contributed by atoms with Crippen molar-refractivity contribution in [1.82, 2.24) is 10.6 Å². The molecule has 40 heavy (non-hydrogen) atoms. The Bertz CT molecular complexity index is 1550. The third kappa shape index (κ3) is 4.44. The lowest BCUT2D eigenvalue weighted by atomic mass is 9.92. The number of nitrogens with zero attached hydrogens (tertiary/aromatic N) is 2. The van der Waals surface area contributed by atoms with Crippen LogP contribution in [0.2, 0.25) is 0 Å². The van der Waals surface area contributed by atoms with Gasteiger partial charge in [-0.1, -0.05) is 18.9 Å². The summed E-state index contributed by atoms with van der Waals surface area (Å²) in [4.78, 5) is 26.5. The molecule has 208 valence electrons. The van der Waals surface area contributed by atoms with E-state index in [0.29, 0.717) is 28.0 Å². The highest BCUT2D eigenvalue weighted by atomic mass is 19.1. The highest BCUT2D eigenvalue weighted by Crippen LogP contribution is 2.45. The number of benzene rings is 2. The number of halogens is 2. The Balaban J connectivity index is 1.65.